The lowest BCUT2D eigenvalue weighted by Gasteiger charge is -2.38. The summed E-state index contributed by atoms with van der Waals surface area (Å²) >= 11 is 0. The normalized spacial score (nSPS) is 23.7. The zero-order valence-corrected chi connectivity index (χ0v) is 22.6. The largest absolute Gasteiger partial charge is 0.497 e. The number of rotatable bonds is 8. The molecule has 2 fully saturated rings. The molecular weight excluding hydrogens is 477 g/mol. The van der Waals surface area contributed by atoms with Crippen LogP contribution in [0.2, 0.25) is 0 Å². The van der Waals surface area contributed by atoms with E-state index in [1.165, 1.54) is 0 Å². The second kappa shape index (κ2) is 11.9. The number of nitrogens with zero attached hydrogens (tertiary/aromatic N) is 2. The van der Waals surface area contributed by atoms with E-state index in [0.29, 0.717) is 25.3 Å². The predicted octanol–water partition coefficient (Wildman–Crippen LogP) is 4.12. The fourth-order valence-corrected chi connectivity index (χ4v) is 6.50. The van der Waals surface area contributed by atoms with Crippen molar-refractivity contribution in [3.63, 3.8) is 0 Å². The van der Waals surface area contributed by atoms with Gasteiger partial charge in [-0.05, 0) is 62.2 Å². The molecule has 36 heavy (non-hydrogen) atoms. The molecular formula is C27H38N3O5P. The minimum atomic E-state index is -2.93. The van der Waals surface area contributed by atoms with Crippen LogP contribution in [-0.2, 0) is 13.8 Å². The van der Waals surface area contributed by atoms with E-state index in [2.05, 4.69) is 17.3 Å². The van der Waals surface area contributed by atoms with Gasteiger partial charge in [0.25, 0.3) is 13.4 Å². The Kier molecular flexibility index (Phi) is 8.86. The van der Waals surface area contributed by atoms with E-state index in [0.717, 1.165) is 42.8 Å². The van der Waals surface area contributed by atoms with Crippen LogP contribution < -0.4 is 10.1 Å². The second-order valence-electron chi connectivity index (χ2n) is 9.90. The van der Waals surface area contributed by atoms with E-state index in [4.69, 9.17) is 14.0 Å². The lowest BCUT2D eigenvalue weighted by atomic mass is 10.0. The molecule has 2 aliphatic heterocycles. The number of hydrogen-bond acceptors (Lipinski definition) is 6. The average molecular weight is 516 g/mol. The molecule has 4 rings (SSSR count). The molecule has 2 aromatic rings. The summed E-state index contributed by atoms with van der Waals surface area (Å²) in [6.07, 6.45) is 1.53. The van der Waals surface area contributed by atoms with E-state index >= 15 is 0 Å². The highest BCUT2D eigenvalue weighted by atomic mass is 31.2. The van der Waals surface area contributed by atoms with Crippen molar-refractivity contribution < 1.29 is 23.4 Å². The number of piperidine rings is 1. The fraction of sp³-hybridized carbons (Fsp3) is 0.519. The molecule has 0 bridgehead atoms. The minimum Gasteiger partial charge on any atom is -0.497 e. The van der Waals surface area contributed by atoms with E-state index in [-0.39, 0.29) is 24.2 Å². The molecule has 1 amide bonds. The standard InChI is InChI=1S/C27H38N3O5P/c1-20-17-29(2)18-26(35-20)19-34-36(4,32)30-14-12-24(13-15-30)28-27(31)23-7-5-6-22(16-23)21-8-10-25(33-3)11-9-21/h5-11,16,20,24,26H,12-15,17-19H2,1-4H3,(H,28,31). The van der Waals surface area contributed by atoms with Gasteiger partial charge in [0.1, 0.15) is 5.75 Å². The Hall–Kier alpha value is -2.22. The highest BCUT2D eigenvalue weighted by Crippen LogP contribution is 2.48. The molecule has 0 radical (unpaired) electrons. The van der Waals surface area contributed by atoms with Gasteiger partial charge in [-0.2, -0.15) is 0 Å². The SMILES string of the molecule is COc1ccc(-c2cccc(C(=O)NC3CCN(P(C)(=O)OCC4CN(C)CC(C)O4)CC3)c2)cc1. The minimum absolute atomic E-state index is 0.0366. The number of ether oxygens (including phenoxy) is 2. The number of likely N-dealkylation sites (N-methyl/N-ethyl adjacent to an activating group) is 1. The molecule has 2 aromatic carbocycles. The highest BCUT2D eigenvalue weighted by molar-refractivity contribution is 7.55. The molecule has 2 saturated heterocycles. The van der Waals surface area contributed by atoms with E-state index < -0.39 is 7.52 Å². The number of carbonyl (C=O) groups is 1. The van der Waals surface area contributed by atoms with Crippen molar-refractivity contribution >= 4 is 13.4 Å². The molecule has 0 aromatic heterocycles. The first-order valence-electron chi connectivity index (χ1n) is 12.6. The summed E-state index contributed by atoms with van der Waals surface area (Å²) in [5.41, 5.74) is 2.63. The number of carbonyl (C=O) groups excluding carboxylic acids is 1. The first-order valence-corrected chi connectivity index (χ1v) is 14.6. The number of methoxy groups -OCH3 is 1. The quantitative estimate of drug-likeness (QED) is 0.530. The van der Waals surface area contributed by atoms with Gasteiger partial charge in [0, 0.05) is 44.4 Å². The zero-order chi connectivity index (χ0) is 25.7. The van der Waals surface area contributed by atoms with Crippen LogP contribution in [0.5, 0.6) is 5.75 Å². The summed E-state index contributed by atoms with van der Waals surface area (Å²) in [5.74, 6) is 0.706. The van der Waals surface area contributed by atoms with E-state index in [1.807, 2.05) is 60.1 Å². The van der Waals surface area contributed by atoms with Crippen molar-refractivity contribution in [2.75, 3.05) is 53.6 Å². The molecule has 9 heteroatoms. The highest BCUT2D eigenvalue weighted by Gasteiger charge is 2.33. The van der Waals surface area contributed by atoms with Crippen LogP contribution in [0, 0.1) is 0 Å². The summed E-state index contributed by atoms with van der Waals surface area (Å²) < 4.78 is 32.3. The van der Waals surface area contributed by atoms with Gasteiger partial charge in [0.05, 0.1) is 25.9 Å². The third-order valence-corrected chi connectivity index (χ3v) is 8.93. The molecule has 0 aliphatic carbocycles. The Bertz CT molecular complexity index is 1060. The first-order chi connectivity index (χ1) is 17.2. The lowest BCUT2D eigenvalue weighted by molar-refractivity contribution is -0.0854. The molecule has 3 atom stereocenters. The van der Waals surface area contributed by atoms with Crippen molar-refractivity contribution in [2.24, 2.45) is 0 Å². The summed E-state index contributed by atoms with van der Waals surface area (Å²) in [7, 11) is 0.777. The molecule has 2 aliphatic rings. The summed E-state index contributed by atoms with van der Waals surface area (Å²) in [4.78, 5) is 15.2. The van der Waals surface area contributed by atoms with Crippen LogP contribution in [0.4, 0.5) is 0 Å². The molecule has 2 heterocycles. The first kappa shape index (κ1) is 26.8. The van der Waals surface area contributed by atoms with Crippen molar-refractivity contribution in [3.8, 4) is 16.9 Å². The van der Waals surface area contributed by atoms with Crippen LogP contribution in [0.1, 0.15) is 30.1 Å². The third kappa shape index (κ3) is 6.96. The Morgan fingerprint density at radius 2 is 1.83 bits per heavy atom. The van der Waals surface area contributed by atoms with Gasteiger partial charge in [0.15, 0.2) is 0 Å². The molecule has 0 spiro atoms. The number of nitrogens with one attached hydrogen (secondary N) is 1. The van der Waals surface area contributed by atoms with Gasteiger partial charge < -0.3 is 24.2 Å². The maximum atomic E-state index is 13.3. The third-order valence-electron chi connectivity index (χ3n) is 6.88. The van der Waals surface area contributed by atoms with Crippen LogP contribution in [0.15, 0.2) is 48.5 Å². The molecule has 8 nitrogen and oxygen atoms in total. The molecule has 1 N–H and O–H groups in total. The van der Waals surface area contributed by atoms with Crippen LogP contribution in [0.3, 0.4) is 0 Å². The van der Waals surface area contributed by atoms with Crippen LogP contribution in [0.25, 0.3) is 11.1 Å². The number of morpholine rings is 1. The van der Waals surface area contributed by atoms with Gasteiger partial charge >= 0.3 is 0 Å². The van der Waals surface area contributed by atoms with Crippen LogP contribution >= 0.6 is 7.52 Å². The fourth-order valence-electron chi connectivity index (χ4n) is 4.94. The smallest absolute Gasteiger partial charge is 0.269 e. The maximum absolute atomic E-state index is 13.3. The van der Waals surface area contributed by atoms with E-state index in [1.54, 1.807) is 13.8 Å². The predicted molar refractivity (Wildman–Crippen MR) is 142 cm³/mol. The number of benzene rings is 2. The van der Waals surface area contributed by atoms with Gasteiger partial charge in [-0.1, -0.05) is 24.3 Å². The second-order valence-corrected chi connectivity index (χ2v) is 12.3. The molecule has 196 valence electrons. The Labute approximate surface area is 214 Å². The van der Waals surface area contributed by atoms with Gasteiger partial charge in [-0.25, -0.2) is 4.67 Å². The van der Waals surface area contributed by atoms with Crippen molar-refractivity contribution in [3.05, 3.63) is 54.1 Å². The summed E-state index contributed by atoms with van der Waals surface area (Å²) in [5, 5.41) is 3.16. The Morgan fingerprint density at radius 3 is 2.50 bits per heavy atom. The number of hydrogen-bond donors (Lipinski definition) is 1. The van der Waals surface area contributed by atoms with Crippen molar-refractivity contribution in [1.82, 2.24) is 14.9 Å². The lowest BCUT2D eigenvalue weighted by Crippen LogP contribution is -2.46. The van der Waals surface area contributed by atoms with Crippen LogP contribution in [-0.4, -0.2) is 87.3 Å². The van der Waals surface area contributed by atoms with Gasteiger partial charge in [0.2, 0.25) is 0 Å². The topological polar surface area (TPSA) is 80.3 Å². The molecule has 0 saturated carbocycles. The Morgan fingerprint density at radius 1 is 1.11 bits per heavy atom. The molecule has 3 unspecified atom stereocenters. The number of amides is 1. The zero-order valence-electron chi connectivity index (χ0n) is 21.7. The average Bonchev–Trinajstić information content (AvgIpc) is 2.87. The summed E-state index contributed by atoms with van der Waals surface area (Å²) in [6, 6.07) is 15.5. The monoisotopic (exact) mass is 515 g/mol. The maximum Gasteiger partial charge on any atom is 0.269 e. The van der Waals surface area contributed by atoms with Gasteiger partial charge in [-0.3, -0.25) is 9.36 Å². The van der Waals surface area contributed by atoms with Crippen molar-refractivity contribution in [2.45, 2.75) is 38.0 Å². The van der Waals surface area contributed by atoms with E-state index in [9.17, 15) is 9.36 Å². The summed E-state index contributed by atoms with van der Waals surface area (Å²) in [6.45, 7) is 6.96. The van der Waals surface area contributed by atoms with Gasteiger partial charge in [-0.15, -0.1) is 0 Å². The Balaban J connectivity index is 1.27. The van der Waals surface area contributed by atoms with Crippen molar-refractivity contribution in [1.29, 1.82) is 0 Å².